The molecule has 10 heteroatoms. The van der Waals surface area contributed by atoms with E-state index in [1.54, 1.807) is 0 Å². The van der Waals surface area contributed by atoms with Gasteiger partial charge in [-0.05, 0) is 0 Å². The van der Waals surface area contributed by atoms with Gasteiger partial charge in [0.2, 0.25) is 0 Å². The van der Waals surface area contributed by atoms with Crippen molar-refractivity contribution in [2.75, 3.05) is 6.61 Å². The summed E-state index contributed by atoms with van der Waals surface area (Å²) in [4.78, 5) is 41.4. The van der Waals surface area contributed by atoms with Gasteiger partial charge in [-0.2, -0.15) is 0 Å². The average Bonchev–Trinajstić information content (AvgIpc) is 2.89. The number of aromatic nitrogens is 4. The molecule has 2 aromatic rings. The molecule has 3 rings (SSSR count). The molecule has 0 radical (unpaired) electrons. The quantitative estimate of drug-likeness (QED) is 0.406. The molecule has 0 aliphatic carbocycles. The molecule has 0 bridgehead atoms. The maximum Gasteiger partial charge on any atom is 0.329 e. The van der Waals surface area contributed by atoms with Crippen molar-refractivity contribution in [3.8, 4) is 0 Å². The molecule has 1 saturated heterocycles. The van der Waals surface area contributed by atoms with E-state index in [2.05, 4.69) is 9.97 Å². The normalized spacial score (nSPS) is 26.4. The van der Waals surface area contributed by atoms with Crippen LogP contribution in [0.4, 0.5) is 0 Å². The van der Waals surface area contributed by atoms with Crippen LogP contribution in [-0.2, 0) is 4.74 Å². The molecule has 1 aliphatic rings. The molecule has 20 heavy (non-hydrogen) atoms. The van der Waals surface area contributed by atoms with Crippen LogP contribution >= 0.6 is 0 Å². The monoisotopic (exact) mass is 284 g/mol. The minimum atomic E-state index is -0.935. The van der Waals surface area contributed by atoms with Crippen LogP contribution in [0, 0.1) is 0 Å². The van der Waals surface area contributed by atoms with E-state index in [0.29, 0.717) is 0 Å². The van der Waals surface area contributed by atoms with Gasteiger partial charge in [-0.3, -0.25) is 24.3 Å². The fraction of sp³-hybridized carbons (Fsp3) is 0.500. The van der Waals surface area contributed by atoms with E-state index in [4.69, 9.17) is 9.84 Å². The second kappa shape index (κ2) is 4.44. The van der Waals surface area contributed by atoms with Gasteiger partial charge in [0, 0.05) is 6.42 Å². The second-order valence-electron chi connectivity index (χ2n) is 4.55. The predicted molar refractivity (Wildman–Crippen MR) is 65.4 cm³/mol. The van der Waals surface area contributed by atoms with Crippen LogP contribution < -0.4 is 16.9 Å². The molecule has 2 aromatic heterocycles. The van der Waals surface area contributed by atoms with Gasteiger partial charge in [-0.15, -0.1) is 0 Å². The van der Waals surface area contributed by atoms with E-state index in [9.17, 15) is 19.5 Å². The minimum Gasteiger partial charge on any atom is -0.394 e. The van der Waals surface area contributed by atoms with Gasteiger partial charge < -0.3 is 14.9 Å². The van der Waals surface area contributed by atoms with Gasteiger partial charge in [0.15, 0.2) is 5.52 Å². The van der Waals surface area contributed by atoms with Crippen LogP contribution in [-0.4, -0.2) is 48.5 Å². The van der Waals surface area contributed by atoms with E-state index >= 15 is 0 Å². The van der Waals surface area contributed by atoms with Gasteiger partial charge in [0.05, 0.1) is 12.7 Å². The third-order valence-electron chi connectivity index (χ3n) is 3.29. The Morgan fingerprint density at radius 2 is 2.00 bits per heavy atom. The van der Waals surface area contributed by atoms with Crippen LogP contribution in [0.2, 0.25) is 0 Å². The molecule has 5 N–H and O–H groups in total. The number of hydrogen-bond donors (Lipinski definition) is 5. The lowest BCUT2D eigenvalue weighted by molar-refractivity contribution is -0.0441. The first kappa shape index (κ1) is 12.8. The summed E-state index contributed by atoms with van der Waals surface area (Å²) in [6.45, 7) is -0.397. The van der Waals surface area contributed by atoms with Crippen LogP contribution in [0.25, 0.3) is 11.2 Å². The highest BCUT2D eigenvalue weighted by atomic mass is 16.5. The van der Waals surface area contributed by atoms with Crippen molar-refractivity contribution >= 4 is 11.2 Å². The highest BCUT2D eigenvalue weighted by Gasteiger charge is 2.36. The Morgan fingerprint density at radius 3 is 2.65 bits per heavy atom. The van der Waals surface area contributed by atoms with E-state index in [1.807, 2.05) is 4.98 Å². The average molecular weight is 284 g/mol. The number of rotatable bonds is 2. The number of aliphatic hydroxyl groups is 2. The summed E-state index contributed by atoms with van der Waals surface area (Å²) in [7, 11) is 0. The number of fused-ring (bicyclic) bond motifs is 1. The van der Waals surface area contributed by atoms with E-state index in [-0.39, 0.29) is 17.6 Å². The Morgan fingerprint density at radius 1 is 1.25 bits per heavy atom. The zero-order valence-corrected chi connectivity index (χ0v) is 10.1. The fourth-order valence-electron chi connectivity index (χ4n) is 2.35. The van der Waals surface area contributed by atoms with Crippen LogP contribution in [0.15, 0.2) is 14.4 Å². The van der Waals surface area contributed by atoms with Crippen molar-refractivity contribution in [2.45, 2.75) is 24.9 Å². The molecule has 10 nitrogen and oxygen atoms in total. The third kappa shape index (κ3) is 1.81. The summed E-state index contributed by atoms with van der Waals surface area (Å²) in [5, 5.41) is 18.7. The molecule has 1 fully saturated rings. The predicted octanol–water partition coefficient (Wildman–Crippen LogP) is -2.65. The molecular weight excluding hydrogens is 272 g/mol. The lowest BCUT2D eigenvalue weighted by Crippen LogP contribution is -2.26. The summed E-state index contributed by atoms with van der Waals surface area (Å²) >= 11 is 0. The van der Waals surface area contributed by atoms with Crippen LogP contribution in [0.3, 0.4) is 0 Å². The lowest BCUT2D eigenvalue weighted by Gasteiger charge is -2.12. The van der Waals surface area contributed by atoms with Crippen molar-refractivity contribution in [2.24, 2.45) is 0 Å². The summed E-state index contributed by atoms with van der Waals surface area (Å²) < 4.78 is 6.39. The SMILES string of the molecule is O=c1[nH]c(=O)c2[nH]c(=O)n([C@H]3C[C@H](O)[C@@H](CO)O3)c2[nH]1. The standard InChI is InChI=1S/C10H12N4O6/c15-2-4-3(16)1-5(20-4)14-7-6(11-10(14)19)8(17)13-9(18)12-7/h3-5,15-16H,1-2H2,(H,11,19)(H2,12,13,17,18)/t3-,4+,5+/m0/s1. The van der Waals surface area contributed by atoms with Gasteiger partial charge >= 0.3 is 11.4 Å². The molecule has 0 aromatic carbocycles. The summed E-state index contributed by atoms with van der Waals surface area (Å²) in [6, 6.07) is 0. The fourth-order valence-corrected chi connectivity index (χ4v) is 2.35. The first-order valence-electron chi connectivity index (χ1n) is 5.92. The summed E-state index contributed by atoms with van der Waals surface area (Å²) in [5.41, 5.74) is -2.23. The molecule has 1 aliphatic heterocycles. The van der Waals surface area contributed by atoms with Crippen molar-refractivity contribution in [1.82, 2.24) is 19.5 Å². The first-order chi connectivity index (χ1) is 9.51. The lowest BCUT2D eigenvalue weighted by atomic mass is 10.2. The molecule has 108 valence electrons. The number of H-pyrrole nitrogens is 3. The molecule has 3 heterocycles. The zero-order chi connectivity index (χ0) is 14.4. The zero-order valence-electron chi connectivity index (χ0n) is 10.1. The summed E-state index contributed by atoms with van der Waals surface area (Å²) in [5.74, 6) is 0. The second-order valence-corrected chi connectivity index (χ2v) is 4.55. The van der Waals surface area contributed by atoms with Gasteiger partial charge in [-0.1, -0.05) is 0 Å². The van der Waals surface area contributed by atoms with Crippen LogP contribution in [0.5, 0.6) is 0 Å². The smallest absolute Gasteiger partial charge is 0.329 e. The molecule has 3 atom stereocenters. The number of hydrogen-bond acceptors (Lipinski definition) is 6. The Hall–Kier alpha value is -2.17. The number of imidazole rings is 1. The Balaban J connectivity index is 2.18. The van der Waals surface area contributed by atoms with E-state index < -0.39 is 42.0 Å². The topological polar surface area (TPSA) is 153 Å². The largest absolute Gasteiger partial charge is 0.394 e. The van der Waals surface area contributed by atoms with Gasteiger partial charge in [0.25, 0.3) is 5.56 Å². The molecule has 0 unspecified atom stereocenters. The number of aromatic amines is 3. The van der Waals surface area contributed by atoms with E-state index in [0.717, 1.165) is 4.57 Å². The molecule has 0 spiro atoms. The number of nitrogens with one attached hydrogen (secondary N) is 3. The maximum atomic E-state index is 11.9. The number of nitrogens with zero attached hydrogens (tertiary/aromatic N) is 1. The molecule has 0 saturated carbocycles. The minimum absolute atomic E-state index is 0.0143. The Bertz CT molecular complexity index is 813. The van der Waals surface area contributed by atoms with Crippen molar-refractivity contribution in [3.05, 3.63) is 31.3 Å². The van der Waals surface area contributed by atoms with Gasteiger partial charge in [0.1, 0.15) is 18.0 Å². The summed E-state index contributed by atoms with van der Waals surface area (Å²) in [6.07, 6.45) is -2.56. The van der Waals surface area contributed by atoms with Crippen LogP contribution in [0.1, 0.15) is 12.6 Å². The Kier molecular flexibility index (Phi) is 2.85. The molecule has 0 amide bonds. The van der Waals surface area contributed by atoms with Crippen molar-refractivity contribution in [1.29, 1.82) is 0 Å². The number of aliphatic hydroxyl groups excluding tert-OH is 2. The highest BCUT2D eigenvalue weighted by Crippen LogP contribution is 2.28. The Labute approximate surface area is 109 Å². The third-order valence-corrected chi connectivity index (χ3v) is 3.29. The maximum absolute atomic E-state index is 11.9. The van der Waals surface area contributed by atoms with Crippen molar-refractivity contribution < 1.29 is 14.9 Å². The van der Waals surface area contributed by atoms with Crippen molar-refractivity contribution in [3.63, 3.8) is 0 Å². The first-order valence-corrected chi connectivity index (χ1v) is 5.92. The molecular formula is C10H12N4O6. The van der Waals surface area contributed by atoms with E-state index in [1.165, 1.54) is 0 Å². The van der Waals surface area contributed by atoms with Gasteiger partial charge in [-0.25, -0.2) is 9.59 Å². The highest BCUT2D eigenvalue weighted by molar-refractivity contribution is 5.68. The number of ether oxygens (including phenoxy) is 1.